The molecule has 1 aromatic carbocycles. The molecule has 26 heavy (non-hydrogen) atoms. The zero-order valence-electron chi connectivity index (χ0n) is 19.5. The van der Waals surface area contributed by atoms with Gasteiger partial charge in [0.15, 0.2) is 0 Å². The minimum atomic E-state index is -1.62. The highest BCUT2D eigenvalue weighted by Gasteiger charge is 2.20. The molecule has 1 aliphatic carbocycles. The summed E-state index contributed by atoms with van der Waals surface area (Å²) in [5.41, 5.74) is 3.35. The SMILES string of the molecule is [2H]C([2H])(C)c1ccc(-c2cccc3c2oc2nc(C4([2H])CCCC4([2H])[2H])ccc23)nc1. The van der Waals surface area contributed by atoms with Crippen molar-refractivity contribution in [2.75, 3.05) is 0 Å². The normalized spacial score (nSPS) is 25.5. The zero-order valence-corrected chi connectivity index (χ0v) is 14.5. The van der Waals surface area contributed by atoms with Gasteiger partial charge in [-0.05, 0) is 49.0 Å². The summed E-state index contributed by atoms with van der Waals surface area (Å²) in [6, 6.07) is 12.9. The Balaban J connectivity index is 1.64. The summed E-state index contributed by atoms with van der Waals surface area (Å²) in [6.07, 6.45) is -0.0879. The molecule has 0 saturated heterocycles. The number of fused-ring (bicyclic) bond motifs is 3. The van der Waals surface area contributed by atoms with E-state index in [2.05, 4.69) is 9.97 Å². The van der Waals surface area contributed by atoms with E-state index >= 15 is 0 Å². The van der Waals surface area contributed by atoms with Crippen molar-refractivity contribution in [1.29, 1.82) is 0 Å². The molecule has 0 radical (unpaired) electrons. The lowest BCUT2D eigenvalue weighted by atomic mass is 10.0. The molecule has 1 unspecified atom stereocenters. The van der Waals surface area contributed by atoms with Gasteiger partial charge in [-0.3, -0.25) is 4.98 Å². The topological polar surface area (TPSA) is 38.9 Å². The minimum Gasteiger partial charge on any atom is -0.437 e. The molecular formula is C23H22N2O. The summed E-state index contributed by atoms with van der Waals surface area (Å²) >= 11 is 0. The molecule has 0 bridgehead atoms. The molecule has 0 N–H and O–H groups in total. The van der Waals surface area contributed by atoms with E-state index in [1.54, 1.807) is 24.4 Å². The van der Waals surface area contributed by atoms with Gasteiger partial charge >= 0.3 is 0 Å². The molecule has 0 spiro atoms. The van der Waals surface area contributed by atoms with Crippen LogP contribution in [0.4, 0.5) is 0 Å². The third-order valence-electron chi connectivity index (χ3n) is 4.94. The molecular weight excluding hydrogens is 320 g/mol. The zero-order chi connectivity index (χ0) is 22.0. The van der Waals surface area contributed by atoms with Gasteiger partial charge in [-0.25, -0.2) is 4.98 Å². The van der Waals surface area contributed by atoms with Crippen molar-refractivity contribution in [3.05, 3.63) is 59.9 Å². The number of para-hydroxylation sites is 1. The lowest BCUT2D eigenvalue weighted by molar-refractivity contribution is 0.638. The monoisotopic (exact) mass is 347 g/mol. The van der Waals surface area contributed by atoms with Crippen LogP contribution in [-0.2, 0) is 6.37 Å². The van der Waals surface area contributed by atoms with Gasteiger partial charge in [0.2, 0.25) is 5.71 Å². The summed E-state index contributed by atoms with van der Waals surface area (Å²) in [7, 11) is 0. The molecule has 0 aliphatic heterocycles. The number of aryl methyl sites for hydroxylation is 1. The van der Waals surface area contributed by atoms with Crippen LogP contribution in [0.2, 0.25) is 0 Å². The summed E-state index contributed by atoms with van der Waals surface area (Å²) in [5.74, 6) is -1.38. The Morgan fingerprint density at radius 2 is 2.15 bits per heavy atom. The highest BCUT2D eigenvalue weighted by Crippen LogP contribution is 2.37. The molecule has 3 heteroatoms. The highest BCUT2D eigenvalue weighted by molar-refractivity contribution is 6.08. The first kappa shape index (κ1) is 11.1. The van der Waals surface area contributed by atoms with Crippen LogP contribution >= 0.6 is 0 Å². The Kier molecular flexibility index (Phi) is 2.67. The summed E-state index contributed by atoms with van der Waals surface area (Å²) in [5, 5.41) is 1.68. The maximum Gasteiger partial charge on any atom is 0.227 e. The van der Waals surface area contributed by atoms with Crippen LogP contribution in [0.1, 0.15) is 56.6 Å². The molecule has 0 amide bonds. The van der Waals surface area contributed by atoms with Crippen molar-refractivity contribution in [1.82, 2.24) is 9.97 Å². The molecule has 3 heterocycles. The third kappa shape index (κ3) is 2.50. The Morgan fingerprint density at radius 3 is 2.92 bits per heavy atom. The molecule has 4 aromatic rings. The van der Waals surface area contributed by atoms with Crippen LogP contribution < -0.4 is 0 Å². The molecule has 3 nitrogen and oxygen atoms in total. The van der Waals surface area contributed by atoms with Gasteiger partial charge < -0.3 is 4.42 Å². The van der Waals surface area contributed by atoms with Crippen LogP contribution in [0.15, 0.2) is 53.1 Å². The molecule has 1 atom stereocenters. The fourth-order valence-corrected chi connectivity index (χ4v) is 3.56. The summed E-state index contributed by atoms with van der Waals surface area (Å²) < 4.78 is 47.1. The van der Waals surface area contributed by atoms with Gasteiger partial charge in [-0.1, -0.05) is 38.0 Å². The lowest BCUT2D eigenvalue weighted by Gasteiger charge is -2.06. The van der Waals surface area contributed by atoms with Crippen LogP contribution in [0.5, 0.6) is 0 Å². The van der Waals surface area contributed by atoms with Gasteiger partial charge in [-0.2, -0.15) is 0 Å². The fourth-order valence-electron chi connectivity index (χ4n) is 3.56. The average molecular weight is 347 g/mol. The summed E-state index contributed by atoms with van der Waals surface area (Å²) in [4.78, 5) is 9.03. The second-order valence-electron chi connectivity index (χ2n) is 6.52. The predicted molar refractivity (Wildman–Crippen MR) is 105 cm³/mol. The highest BCUT2D eigenvalue weighted by atomic mass is 16.3. The van der Waals surface area contributed by atoms with Crippen molar-refractivity contribution in [3.63, 3.8) is 0 Å². The molecule has 1 fully saturated rings. The first-order valence-electron chi connectivity index (χ1n) is 11.4. The minimum absolute atomic E-state index is 0.359. The molecule has 130 valence electrons. The maximum atomic E-state index is 8.76. The van der Waals surface area contributed by atoms with Crippen molar-refractivity contribution in [2.45, 2.75) is 44.8 Å². The van der Waals surface area contributed by atoms with E-state index < -0.39 is 18.6 Å². The Bertz CT molecular complexity index is 1290. The van der Waals surface area contributed by atoms with Crippen LogP contribution in [0.3, 0.4) is 0 Å². The fraction of sp³-hybridized carbons (Fsp3) is 0.304. The molecule has 3 aromatic heterocycles. The van der Waals surface area contributed by atoms with E-state index in [4.69, 9.17) is 11.3 Å². The largest absolute Gasteiger partial charge is 0.437 e. The number of nitrogens with zero attached hydrogens (tertiary/aromatic N) is 2. The number of hydrogen-bond donors (Lipinski definition) is 0. The Morgan fingerprint density at radius 1 is 1.19 bits per heavy atom. The van der Waals surface area contributed by atoms with Gasteiger partial charge in [0, 0.05) is 41.0 Å². The summed E-state index contributed by atoms with van der Waals surface area (Å²) in [6.45, 7) is 1.50. The second kappa shape index (κ2) is 6.24. The van der Waals surface area contributed by atoms with E-state index in [-0.39, 0.29) is 0 Å². The van der Waals surface area contributed by atoms with E-state index in [1.807, 2.05) is 24.3 Å². The van der Waals surface area contributed by atoms with Crippen molar-refractivity contribution in [2.24, 2.45) is 0 Å². The number of hydrogen-bond acceptors (Lipinski definition) is 3. The lowest BCUT2D eigenvalue weighted by Crippen LogP contribution is -1.95. The van der Waals surface area contributed by atoms with E-state index in [0.29, 0.717) is 47.5 Å². The van der Waals surface area contributed by atoms with Crippen molar-refractivity contribution >= 4 is 22.1 Å². The number of pyridine rings is 2. The Hall–Kier alpha value is -2.68. The van der Waals surface area contributed by atoms with E-state index in [9.17, 15) is 0 Å². The van der Waals surface area contributed by atoms with Gasteiger partial charge in [0.1, 0.15) is 5.58 Å². The molecule has 5 rings (SSSR count). The van der Waals surface area contributed by atoms with Gasteiger partial charge in [0.05, 0.1) is 5.69 Å². The maximum absolute atomic E-state index is 8.76. The number of aromatic nitrogens is 2. The van der Waals surface area contributed by atoms with Crippen LogP contribution in [0, 0.1) is 0 Å². The first-order valence-corrected chi connectivity index (χ1v) is 8.90. The first-order chi connectivity index (χ1) is 14.6. The smallest absolute Gasteiger partial charge is 0.227 e. The number of benzene rings is 1. The Labute approximate surface area is 160 Å². The second-order valence-corrected chi connectivity index (χ2v) is 6.52. The average Bonchev–Trinajstić information content (AvgIpc) is 3.23. The van der Waals surface area contributed by atoms with Crippen molar-refractivity contribution in [3.8, 4) is 11.3 Å². The van der Waals surface area contributed by atoms with Crippen molar-refractivity contribution < 1.29 is 11.3 Å². The van der Waals surface area contributed by atoms with Crippen LogP contribution in [0.25, 0.3) is 33.3 Å². The van der Waals surface area contributed by atoms with Gasteiger partial charge in [0.25, 0.3) is 0 Å². The van der Waals surface area contributed by atoms with E-state index in [1.165, 1.54) is 6.92 Å². The van der Waals surface area contributed by atoms with Gasteiger partial charge in [-0.15, -0.1) is 0 Å². The molecule has 1 saturated carbocycles. The number of furan rings is 1. The predicted octanol–water partition coefficient (Wildman–Crippen LogP) is 6.26. The number of rotatable bonds is 3. The van der Waals surface area contributed by atoms with Crippen LogP contribution in [-0.4, -0.2) is 9.97 Å². The third-order valence-corrected chi connectivity index (χ3v) is 4.94. The van der Waals surface area contributed by atoms with E-state index in [0.717, 1.165) is 16.3 Å². The quantitative estimate of drug-likeness (QED) is 0.439. The molecule has 1 aliphatic rings. The standard InChI is InChI=1S/C23H22N2O/c1-2-15-10-12-21(24-14-15)19-9-5-8-17-18-11-13-20(16-6-3-4-7-16)25-23(18)26-22(17)19/h5,8-14,16H,2-4,6-7H2,1H3/i2D2,6D2,16D.